The number of nitrogens with zero attached hydrogens (tertiary/aromatic N) is 3. The van der Waals surface area contributed by atoms with Crippen molar-refractivity contribution in [2.75, 3.05) is 10.6 Å². The van der Waals surface area contributed by atoms with Crippen molar-refractivity contribution in [1.29, 1.82) is 0 Å². The third-order valence-corrected chi connectivity index (χ3v) is 10.00. The Labute approximate surface area is 412 Å². The lowest BCUT2D eigenvalue weighted by Gasteiger charge is -2.21. The Morgan fingerprint density at radius 2 is 1.21 bits per heavy atom. The number of aromatic amines is 2. The molecule has 8 rings (SSSR count). The van der Waals surface area contributed by atoms with Gasteiger partial charge in [0.15, 0.2) is 0 Å². The van der Waals surface area contributed by atoms with Gasteiger partial charge in [0.1, 0.15) is 16.8 Å². The molecule has 0 bridgehead atoms. The summed E-state index contributed by atoms with van der Waals surface area (Å²) in [7, 11) is 0.664. The van der Waals surface area contributed by atoms with E-state index in [4.69, 9.17) is 23.9 Å². The highest BCUT2D eigenvalue weighted by Gasteiger charge is 2.25. The summed E-state index contributed by atoms with van der Waals surface area (Å²) >= 11 is 3.26. The van der Waals surface area contributed by atoms with E-state index in [1.165, 1.54) is 28.8 Å². The third-order valence-electron chi connectivity index (χ3n) is 9.57. The fourth-order valence-electron chi connectivity index (χ4n) is 6.93. The number of nitro groups is 2. The lowest BCUT2D eigenvalue weighted by atomic mass is 10.1. The van der Waals surface area contributed by atoms with E-state index in [2.05, 4.69) is 36.5 Å². The van der Waals surface area contributed by atoms with E-state index in [0.717, 1.165) is 26.6 Å². The van der Waals surface area contributed by atoms with E-state index in [-0.39, 0.29) is 18.8 Å². The largest absolute Gasteiger partial charge is 0.569 e. The molecule has 2 amide bonds. The van der Waals surface area contributed by atoms with Crippen molar-refractivity contribution in [2.45, 2.75) is 93.0 Å². The van der Waals surface area contributed by atoms with Crippen molar-refractivity contribution < 1.29 is 48.1 Å². The molecule has 0 saturated heterocycles. The molecule has 4 aromatic carbocycles. The monoisotopic (exact) mass is 1020 g/mol. The molecule has 0 saturated carbocycles. The molecule has 0 spiro atoms. The molecular weight excluding hydrogens is 969 g/mol. The topological polar surface area (TPSA) is 255 Å². The molecule has 1 radical (unpaired) electrons. The van der Waals surface area contributed by atoms with Crippen LogP contribution in [0.4, 0.5) is 37.1 Å². The number of nitro benzene ring substituents is 2. The number of anilines is 2. The zero-order chi connectivity index (χ0) is 50.6. The number of nitrogens with one attached hydrogen (secondary N) is 4. The number of halogens is 1. The number of H-pyrrole nitrogens is 2. The summed E-state index contributed by atoms with van der Waals surface area (Å²) in [5.74, 6) is 0.664. The number of fused-ring (bicyclic) bond motifs is 4. The van der Waals surface area contributed by atoms with Gasteiger partial charge in [-0.15, -0.1) is 0 Å². The van der Waals surface area contributed by atoms with Crippen LogP contribution in [-0.4, -0.2) is 72.2 Å². The van der Waals surface area contributed by atoms with Gasteiger partial charge in [-0.25, -0.2) is 19.0 Å². The Bertz CT molecular complexity index is 3140. The van der Waals surface area contributed by atoms with Crippen molar-refractivity contribution >= 4 is 103 Å². The second kappa shape index (κ2) is 21.3. The van der Waals surface area contributed by atoms with Gasteiger partial charge >= 0.3 is 26.0 Å². The quantitative estimate of drug-likeness (QED) is 0.0432. The molecule has 1 aliphatic rings. The summed E-state index contributed by atoms with van der Waals surface area (Å²) in [6, 6.07) is 25.2. The van der Waals surface area contributed by atoms with Gasteiger partial charge in [0, 0.05) is 69.3 Å². The molecule has 70 heavy (non-hydrogen) atoms. The first-order valence-corrected chi connectivity index (χ1v) is 22.1. The molecule has 1 aliphatic carbocycles. The minimum Gasteiger partial charge on any atom is -0.540 e. The maximum atomic E-state index is 13.3. The Balaban J connectivity index is 0.000000224. The molecule has 0 unspecified atom stereocenters. The highest BCUT2D eigenvalue weighted by molar-refractivity contribution is 9.10. The Morgan fingerprint density at radius 3 is 1.76 bits per heavy atom. The van der Waals surface area contributed by atoms with Crippen molar-refractivity contribution in [3.05, 3.63) is 133 Å². The van der Waals surface area contributed by atoms with Gasteiger partial charge in [-0.1, -0.05) is 13.5 Å². The number of carbonyl (C=O) groups is 3. The SMILES string of the molecule is C.CC(C)(C)OC(=O)Nc1ccc2c(c1)C=C(O[B]O)C2.CC(C)(C)OC(=O)Nc1ccc2c(c1)cc(-c1cc3cc([N+](=O)[O-])ccc3[nH]1)n2C(=O)OC(C)(C)C.O=[N+]([O-])c1ccc2[nH]c(Br)cc2c1. The van der Waals surface area contributed by atoms with E-state index in [1.807, 2.05) is 51.1 Å². The smallest absolute Gasteiger partial charge is 0.540 e. The lowest BCUT2D eigenvalue weighted by molar-refractivity contribution is -0.384. The molecule has 7 aromatic rings. The van der Waals surface area contributed by atoms with Crippen molar-refractivity contribution in [3.8, 4) is 11.4 Å². The number of allylic oxidation sites excluding steroid dienone is 1. The van der Waals surface area contributed by atoms with E-state index in [9.17, 15) is 34.6 Å². The van der Waals surface area contributed by atoms with Gasteiger partial charge in [-0.3, -0.25) is 30.9 Å². The van der Waals surface area contributed by atoms with Crippen molar-refractivity contribution in [3.63, 3.8) is 0 Å². The Hall–Kier alpha value is -7.65. The van der Waals surface area contributed by atoms with E-state index in [0.29, 0.717) is 64.4 Å². The van der Waals surface area contributed by atoms with Gasteiger partial charge in [0.25, 0.3) is 11.4 Å². The Morgan fingerprint density at radius 1 is 0.686 bits per heavy atom. The van der Waals surface area contributed by atoms with Crippen molar-refractivity contribution in [2.24, 2.45) is 0 Å². The molecule has 3 heterocycles. The average Bonchev–Trinajstić information content (AvgIpc) is 4.01. The summed E-state index contributed by atoms with van der Waals surface area (Å²) < 4.78 is 23.4. The number of aromatic nitrogens is 3. The zero-order valence-corrected chi connectivity index (χ0v) is 40.8. The maximum Gasteiger partial charge on any atom is 0.569 e. The van der Waals surface area contributed by atoms with Crippen LogP contribution < -0.4 is 10.6 Å². The van der Waals surface area contributed by atoms with Crippen LogP contribution in [-0.2, 0) is 25.3 Å². The minimum absolute atomic E-state index is 0. The molecule has 0 atom stereocenters. The molecule has 3 aromatic heterocycles. The van der Waals surface area contributed by atoms with Gasteiger partial charge in [0.05, 0.1) is 37.1 Å². The number of amides is 2. The number of carbonyl (C=O) groups excluding carboxylic acids is 3. The lowest BCUT2D eigenvalue weighted by Crippen LogP contribution is -2.27. The van der Waals surface area contributed by atoms with E-state index < -0.39 is 44.9 Å². The Kier molecular flexibility index (Phi) is 16.2. The number of ether oxygens (including phenoxy) is 3. The molecule has 19 nitrogen and oxygen atoms in total. The van der Waals surface area contributed by atoms with E-state index >= 15 is 0 Å². The first kappa shape index (κ1) is 53.3. The number of hydrogen-bond donors (Lipinski definition) is 5. The summed E-state index contributed by atoms with van der Waals surface area (Å²) in [6.07, 6.45) is 0.789. The number of hydrogen-bond acceptors (Lipinski definition) is 12. The van der Waals surface area contributed by atoms with Crippen LogP contribution in [0.25, 0.3) is 50.2 Å². The number of benzene rings is 4. The summed E-state index contributed by atoms with van der Waals surface area (Å²) in [5, 5.41) is 37.8. The standard InChI is InChI=1S/C26H28N4O6.C14H17BNO4.C8H5BrN2O2.CH4/c1-25(2,3)35-23(31)27-17-7-10-21-16(11-17)14-22(29(21)24(32)36-26(4,5)6)20-13-15-12-18(30(33)34)8-9-19(15)28-20;1-14(2,3)19-13(17)16-11-5-4-9-7-12(20-15-18)8-10(9)6-11;9-8-4-5-3-6(11(12)13)1-2-7(5)10-8;/h7-14,28H,1-6H3,(H,27,31);4-6,8,18H,7H2,1-3H3,(H,16,17);1-4,10H;1H4. The van der Waals surface area contributed by atoms with Crippen LogP contribution in [0.3, 0.4) is 0 Å². The molecular formula is C49H54BBrN7O12. The van der Waals surface area contributed by atoms with Crippen LogP contribution in [0.15, 0.2) is 101 Å². The molecule has 0 aliphatic heterocycles. The third kappa shape index (κ3) is 14.2. The predicted octanol–water partition coefficient (Wildman–Crippen LogP) is 12.8. The van der Waals surface area contributed by atoms with Crippen LogP contribution in [0, 0.1) is 20.2 Å². The van der Waals surface area contributed by atoms with Gasteiger partial charge in [-0.2, -0.15) is 0 Å². The van der Waals surface area contributed by atoms with Crippen LogP contribution >= 0.6 is 15.9 Å². The van der Waals surface area contributed by atoms with Crippen LogP contribution in [0.1, 0.15) is 80.9 Å². The van der Waals surface area contributed by atoms with Gasteiger partial charge in [0.2, 0.25) is 0 Å². The fraction of sp³-hybridized carbons (Fsp3) is 0.286. The van der Waals surface area contributed by atoms with Crippen LogP contribution in [0.5, 0.6) is 0 Å². The first-order valence-electron chi connectivity index (χ1n) is 21.3. The first-order chi connectivity index (χ1) is 32.2. The predicted molar refractivity (Wildman–Crippen MR) is 274 cm³/mol. The summed E-state index contributed by atoms with van der Waals surface area (Å²) in [6.45, 7) is 16.1. The number of rotatable bonds is 7. The second-order valence-corrected chi connectivity index (χ2v) is 19.5. The summed E-state index contributed by atoms with van der Waals surface area (Å²) in [4.78, 5) is 64.2. The van der Waals surface area contributed by atoms with Crippen LogP contribution in [0.2, 0.25) is 0 Å². The molecule has 21 heteroatoms. The van der Waals surface area contributed by atoms with E-state index in [1.54, 1.807) is 84.0 Å². The van der Waals surface area contributed by atoms with Crippen molar-refractivity contribution in [1.82, 2.24) is 14.5 Å². The molecule has 367 valence electrons. The number of non-ortho nitro benzene ring substituents is 2. The molecule has 5 N–H and O–H groups in total. The fourth-order valence-corrected chi connectivity index (χ4v) is 7.39. The normalized spacial score (nSPS) is 12.0. The maximum absolute atomic E-state index is 13.3. The molecule has 0 fully saturated rings. The minimum atomic E-state index is -0.732. The highest BCUT2D eigenvalue weighted by atomic mass is 79.9. The average molecular weight is 1020 g/mol. The second-order valence-electron chi connectivity index (χ2n) is 18.7. The highest BCUT2D eigenvalue weighted by Crippen LogP contribution is 2.34. The van der Waals surface area contributed by atoms with Gasteiger partial charge in [-0.05, 0) is 156 Å². The zero-order valence-electron chi connectivity index (χ0n) is 39.2. The summed E-state index contributed by atoms with van der Waals surface area (Å²) in [5.41, 5.74) is 4.58. The van der Waals surface area contributed by atoms with Gasteiger partial charge < -0.3 is 33.9 Å².